The van der Waals surface area contributed by atoms with Gasteiger partial charge in [0.1, 0.15) is 5.75 Å². The summed E-state index contributed by atoms with van der Waals surface area (Å²) in [7, 11) is 0. The van der Waals surface area contributed by atoms with Crippen LogP contribution in [0, 0.1) is 5.92 Å². The second kappa shape index (κ2) is 6.11. The number of hydrogen-bond acceptors (Lipinski definition) is 5. The number of aromatic amines is 1. The molecule has 5 rings (SSSR count). The molecule has 0 bridgehead atoms. The molecule has 0 radical (unpaired) electrons. The van der Waals surface area contributed by atoms with E-state index in [4.69, 9.17) is 4.74 Å². The maximum atomic E-state index is 12.9. The molecule has 1 aromatic heterocycles. The van der Waals surface area contributed by atoms with Crippen LogP contribution in [0.25, 0.3) is 0 Å². The molecule has 4 nitrogen and oxygen atoms in total. The van der Waals surface area contributed by atoms with Gasteiger partial charge in [0.2, 0.25) is 0 Å². The normalized spacial score (nSPS) is 23.6. The standard InChI is InChI=1S/C19H12BrNO3S2/c20-10-6-7-12-11(8-10)13-14(18(22)24-12)15(9-4-2-1-3-5-9)25-17-16(13)26-19(23)21-17/h1-8,13-15H,(H,21,23)/t13-,14+,15+/m1/s1. The zero-order valence-corrected chi connectivity index (χ0v) is 16.5. The third kappa shape index (κ3) is 2.49. The number of halogens is 1. The van der Waals surface area contributed by atoms with Gasteiger partial charge in [-0.1, -0.05) is 69.4 Å². The van der Waals surface area contributed by atoms with Crippen molar-refractivity contribution in [1.82, 2.24) is 4.98 Å². The van der Waals surface area contributed by atoms with Crippen LogP contribution in [0.4, 0.5) is 0 Å². The van der Waals surface area contributed by atoms with Crippen LogP contribution in [0.1, 0.15) is 27.2 Å². The number of thioether (sulfide) groups is 1. The Morgan fingerprint density at radius 1 is 1.08 bits per heavy atom. The van der Waals surface area contributed by atoms with Crippen LogP contribution >= 0.6 is 39.0 Å². The molecule has 2 aliphatic heterocycles. The number of aromatic nitrogens is 1. The molecule has 0 fully saturated rings. The molecular formula is C19H12BrNO3S2. The van der Waals surface area contributed by atoms with Gasteiger partial charge in [-0.3, -0.25) is 9.59 Å². The predicted molar refractivity (Wildman–Crippen MR) is 105 cm³/mol. The minimum Gasteiger partial charge on any atom is -0.426 e. The molecule has 26 heavy (non-hydrogen) atoms. The second-order valence-corrected chi connectivity index (χ2v) is 9.35. The van der Waals surface area contributed by atoms with Gasteiger partial charge < -0.3 is 9.72 Å². The maximum Gasteiger partial charge on any atom is 0.316 e. The van der Waals surface area contributed by atoms with Gasteiger partial charge in [-0.2, -0.15) is 0 Å². The largest absolute Gasteiger partial charge is 0.426 e. The van der Waals surface area contributed by atoms with Crippen molar-refractivity contribution < 1.29 is 9.53 Å². The molecule has 0 aliphatic carbocycles. The molecule has 130 valence electrons. The summed E-state index contributed by atoms with van der Waals surface area (Å²) in [4.78, 5) is 28.8. The number of carbonyl (C=O) groups is 1. The highest BCUT2D eigenvalue weighted by atomic mass is 79.9. The minimum absolute atomic E-state index is 0.0922. The van der Waals surface area contributed by atoms with E-state index in [1.807, 2.05) is 48.5 Å². The lowest BCUT2D eigenvalue weighted by Gasteiger charge is -2.39. The highest BCUT2D eigenvalue weighted by molar-refractivity contribution is 9.10. The average molecular weight is 446 g/mol. The number of ether oxygens (including phenoxy) is 1. The van der Waals surface area contributed by atoms with Crippen molar-refractivity contribution in [2.24, 2.45) is 5.92 Å². The van der Waals surface area contributed by atoms with Gasteiger partial charge in [0.25, 0.3) is 0 Å². The van der Waals surface area contributed by atoms with Gasteiger partial charge in [0, 0.05) is 20.8 Å². The van der Waals surface area contributed by atoms with E-state index in [-0.39, 0.29) is 27.9 Å². The SMILES string of the molecule is O=C1Oc2ccc(Br)cc2[C@H]2c3sc(=O)[nH]c3S[C@@H](c3ccccc3)[C@@H]12. The summed E-state index contributed by atoms with van der Waals surface area (Å²) in [5.74, 6) is -0.222. The third-order valence-electron chi connectivity index (χ3n) is 4.77. The molecule has 2 aliphatic rings. The van der Waals surface area contributed by atoms with E-state index in [0.717, 1.165) is 25.5 Å². The summed E-state index contributed by atoms with van der Waals surface area (Å²) in [6, 6.07) is 15.6. The molecule has 7 heteroatoms. The second-order valence-electron chi connectivity index (χ2n) is 6.26. The lowest BCUT2D eigenvalue weighted by atomic mass is 9.78. The van der Waals surface area contributed by atoms with Crippen LogP contribution in [0.2, 0.25) is 0 Å². The van der Waals surface area contributed by atoms with E-state index in [9.17, 15) is 9.59 Å². The molecule has 1 N–H and O–H groups in total. The predicted octanol–water partition coefficient (Wildman–Crippen LogP) is 4.71. The first kappa shape index (κ1) is 16.4. The highest BCUT2D eigenvalue weighted by Gasteiger charge is 2.49. The molecule has 3 aromatic rings. The fraction of sp³-hybridized carbons (Fsp3) is 0.158. The van der Waals surface area contributed by atoms with Gasteiger partial charge in [-0.15, -0.1) is 0 Å². The number of fused-ring (bicyclic) bond motifs is 5. The maximum absolute atomic E-state index is 12.9. The number of H-pyrrole nitrogens is 1. The minimum atomic E-state index is -0.372. The topological polar surface area (TPSA) is 59.2 Å². The Morgan fingerprint density at radius 3 is 2.69 bits per heavy atom. The van der Waals surface area contributed by atoms with Crippen molar-refractivity contribution in [3.8, 4) is 5.75 Å². The smallest absolute Gasteiger partial charge is 0.316 e. The van der Waals surface area contributed by atoms with Crippen molar-refractivity contribution in [3.63, 3.8) is 0 Å². The van der Waals surface area contributed by atoms with Gasteiger partial charge in [0.05, 0.1) is 16.2 Å². The third-order valence-corrected chi connectivity index (χ3v) is 7.74. The van der Waals surface area contributed by atoms with E-state index in [1.165, 1.54) is 11.3 Å². The molecular weight excluding hydrogens is 434 g/mol. The van der Waals surface area contributed by atoms with E-state index in [0.29, 0.717) is 5.75 Å². The van der Waals surface area contributed by atoms with Crippen LogP contribution in [0.15, 0.2) is 62.8 Å². The Labute approximate surface area is 165 Å². The van der Waals surface area contributed by atoms with Gasteiger partial charge in [-0.25, -0.2) is 0 Å². The molecule has 0 unspecified atom stereocenters. The summed E-state index contributed by atoms with van der Waals surface area (Å²) < 4.78 is 6.60. The first-order chi connectivity index (χ1) is 12.6. The molecule has 3 atom stereocenters. The first-order valence-corrected chi connectivity index (χ1v) is 10.6. The Balaban J connectivity index is 1.76. The fourth-order valence-corrected chi connectivity index (χ4v) is 6.67. The van der Waals surface area contributed by atoms with Gasteiger partial charge >= 0.3 is 10.8 Å². The monoisotopic (exact) mass is 445 g/mol. The molecule has 0 saturated carbocycles. The zero-order valence-electron chi connectivity index (χ0n) is 13.3. The lowest BCUT2D eigenvalue weighted by molar-refractivity contribution is -0.140. The number of esters is 1. The number of nitrogens with one attached hydrogen (secondary N) is 1. The van der Waals surface area contributed by atoms with Crippen molar-refractivity contribution in [2.45, 2.75) is 16.2 Å². The van der Waals surface area contributed by atoms with Gasteiger partial charge in [0.15, 0.2) is 0 Å². The van der Waals surface area contributed by atoms with E-state index >= 15 is 0 Å². The van der Waals surface area contributed by atoms with Gasteiger partial charge in [-0.05, 0) is 23.8 Å². The van der Waals surface area contributed by atoms with Crippen LogP contribution in [0.5, 0.6) is 5.75 Å². The molecule has 3 heterocycles. The van der Waals surface area contributed by atoms with Crippen LogP contribution in [0.3, 0.4) is 0 Å². The summed E-state index contributed by atoms with van der Waals surface area (Å²) >= 11 is 6.25. The van der Waals surface area contributed by atoms with Crippen LogP contribution < -0.4 is 9.61 Å². The number of carbonyl (C=O) groups excluding carboxylic acids is 1. The number of rotatable bonds is 1. The Bertz CT molecular complexity index is 1080. The number of thiazole rings is 1. The number of hydrogen-bond donors (Lipinski definition) is 1. The molecule has 0 saturated heterocycles. The van der Waals surface area contributed by atoms with E-state index in [2.05, 4.69) is 20.9 Å². The van der Waals surface area contributed by atoms with Crippen molar-refractivity contribution in [3.05, 3.63) is 78.7 Å². The van der Waals surface area contributed by atoms with E-state index in [1.54, 1.807) is 11.8 Å². The summed E-state index contributed by atoms with van der Waals surface area (Å²) in [6.07, 6.45) is 0. The lowest BCUT2D eigenvalue weighted by Crippen LogP contribution is -2.37. The van der Waals surface area contributed by atoms with Crippen molar-refractivity contribution >= 4 is 45.0 Å². The van der Waals surface area contributed by atoms with Crippen molar-refractivity contribution in [2.75, 3.05) is 0 Å². The van der Waals surface area contributed by atoms with Crippen molar-refractivity contribution in [1.29, 1.82) is 0 Å². The molecule has 0 spiro atoms. The highest BCUT2D eigenvalue weighted by Crippen LogP contribution is 2.58. The van der Waals surface area contributed by atoms with E-state index < -0.39 is 0 Å². The summed E-state index contributed by atoms with van der Waals surface area (Å²) in [5, 5.41) is 0.745. The average Bonchev–Trinajstić information content (AvgIpc) is 3.02. The molecule has 0 amide bonds. The fourth-order valence-electron chi connectivity index (χ4n) is 3.70. The summed E-state index contributed by atoms with van der Waals surface area (Å²) in [5.41, 5.74) is 2.00. The summed E-state index contributed by atoms with van der Waals surface area (Å²) in [6.45, 7) is 0. The first-order valence-electron chi connectivity index (χ1n) is 8.07. The molecule has 2 aromatic carbocycles. The Morgan fingerprint density at radius 2 is 1.88 bits per heavy atom. The van der Waals surface area contributed by atoms with Crippen LogP contribution in [-0.2, 0) is 4.79 Å². The Kier molecular flexibility index (Phi) is 3.84. The van der Waals surface area contributed by atoms with Crippen LogP contribution in [-0.4, -0.2) is 11.0 Å². The quantitative estimate of drug-likeness (QED) is 0.435. The zero-order chi connectivity index (χ0) is 17.8. The Hall–Kier alpha value is -1.83. The number of benzene rings is 2.